The molecule has 2 heterocycles. The number of hydrogen-bond donors (Lipinski definition) is 1. The van der Waals surface area contributed by atoms with Crippen molar-refractivity contribution in [3.63, 3.8) is 0 Å². The molecule has 1 aromatic carbocycles. The molecule has 2 aromatic rings. The Hall–Kier alpha value is -1.27. The van der Waals surface area contributed by atoms with Gasteiger partial charge in [0, 0.05) is 0 Å². The van der Waals surface area contributed by atoms with E-state index in [4.69, 9.17) is 13.6 Å². The zero-order chi connectivity index (χ0) is 27.8. The number of benzene rings is 1. The Kier molecular flexibility index (Phi) is 9.06. The molecule has 1 aromatic heterocycles. The molecule has 1 aliphatic rings. The van der Waals surface area contributed by atoms with E-state index in [-0.39, 0.29) is 42.1 Å². The molecule has 0 radical (unpaired) electrons. The molecule has 3 rings (SSSR count). The number of aromatic nitrogens is 2. The van der Waals surface area contributed by atoms with E-state index in [2.05, 4.69) is 84.8 Å². The molecule has 1 fully saturated rings. The summed E-state index contributed by atoms with van der Waals surface area (Å²) in [5.41, 5.74) is -0.889. The van der Waals surface area contributed by atoms with Crippen LogP contribution in [-0.4, -0.2) is 60.0 Å². The predicted molar refractivity (Wildman–Crippen MR) is 156 cm³/mol. The molecule has 0 amide bonds. The molecule has 0 saturated carbocycles. The van der Waals surface area contributed by atoms with E-state index in [1.54, 1.807) is 6.20 Å². The number of ether oxygens (including phenoxy) is 1. The van der Waals surface area contributed by atoms with Gasteiger partial charge in [0.15, 0.2) is 0 Å². The van der Waals surface area contributed by atoms with Crippen LogP contribution in [0.5, 0.6) is 0 Å². The van der Waals surface area contributed by atoms with Gasteiger partial charge < -0.3 is 0 Å². The van der Waals surface area contributed by atoms with Gasteiger partial charge in [-0.2, -0.15) is 0 Å². The summed E-state index contributed by atoms with van der Waals surface area (Å²) in [4.78, 5) is 27.1. The standard InChI is InChI=1S/C27H44N2O5SeSi2/c1-26(2,3)36(7,8)32-18-20-22(34-37(9,10)27(4,5)6)23(35-19-14-12-11-13-15-19)24(33-20)29-17-16-21(30)28-25(29)31/h11-17,20,22-24H,18H2,1-10H3,(H,28,30,31)/t20-,22-,23-,24-/m1/s1. The number of hydrogen-bond acceptors (Lipinski definition) is 5. The zero-order valence-corrected chi connectivity index (χ0v) is 27.7. The Morgan fingerprint density at radius 1 is 0.946 bits per heavy atom. The second kappa shape index (κ2) is 11.1. The molecule has 0 aliphatic carbocycles. The quantitative estimate of drug-likeness (QED) is 0.439. The predicted octanol–water partition coefficient (Wildman–Crippen LogP) is 4.66. The molecule has 0 unspecified atom stereocenters. The first kappa shape index (κ1) is 30.3. The first-order valence-electron chi connectivity index (χ1n) is 12.9. The summed E-state index contributed by atoms with van der Waals surface area (Å²) in [6.45, 7) is 22.8. The van der Waals surface area contributed by atoms with Crippen LogP contribution in [0.3, 0.4) is 0 Å². The molecule has 4 atom stereocenters. The third-order valence-electron chi connectivity index (χ3n) is 8.08. The molecule has 10 heteroatoms. The van der Waals surface area contributed by atoms with E-state index in [0.717, 1.165) is 0 Å². The summed E-state index contributed by atoms with van der Waals surface area (Å²) in [6, 6.07) is 11.7. The van der Waals surface area contributed by atoms with Gasteiger partial charge in [-0.1, -0.05) is 0 Å². The molecule has 1 aliphatic heterocycles. The van der Waals surface area contributed by atoms with Gasteiger partial charge in [-0.25, -0.2) is 0 Å². The first-order chi connectivity index (χ1) is 16.9. The van der Waals surface area contributed by atoms with Crippen molar-refractivity contribution in [3.05, 3.63) is 63.4 Å². The van der Waals surface area contributed by atoms with E-state index in [1.807, 2.05) is 18.2 Å². The van der Waals surface area contributed by atoms with Gasteiger partial charge in [-0.15, -0.1) is 0 Å². The average Bonchev–Trinajstić information content (AvgIpc) is 3.08. The number of nitrogens with zero attached hydrogens (tertiary/aromatic N) is 1. The molecular weight excluding hydrogens is 567 g/mol. The molecule has 0 bridgehead atoms. The fourth-order valence-electron chi connectivity index (χ4n) is 3.64. The van der Waals surface area contributed by atoms with E-state index in [0.29, 0.717) is 6.61 Å². The Labute approximate surface area is 229 Å². The van der Waals surface area contributed by atoms with Gasteiger partial charge in [0.2, 0.25) is 0 Å². The van der Waals surface area contributed by atoms with E-state index >= 15 is 0 Å². The fraction of sp³-hybridized carbons (Fsp3) is 0.630. The summed E-state index contributed by atoms with van der Waals surface area (Å²) < 4.78 is 23.2. The van der Waals surface area contributed by atoms with Gasteiger partial charge in [0.1, 0.15) is 0 Å². The average molecular weight is 612 g/mol. The number of H-pyrrole nitrogens is 1. The molecule has 1 saturated heterocycles. The first-order valence-corrected chi connectivity index (χ1v) is 20.6. The van der Waals surface area contributed by atoms with Crippen molar-refractivity contribution >= 4 is 36.1 Å². The Morgan fingerprint density at radius 2 is 1.54 bits per heavy atom. The summed E-state index contributed by atoms with van der Waals surface area (Å²) in [6.07, 6.45) is 0.408. The van der Waals surface area contributed by atoms with Gasteiger partial charge in [-0.3, -0.25) is 0 Å². The van der Waals surface area contributed by atoms with Crippen molar-refractivity contribution in [2.24, 2.45) is 0 Å². The molecule has 1 N–H and O–H groups in total. The van der Waals surface area contributed by atoms with Crippen LogP contribution in [0.2, 0.25) is 41.1 Å². The van der Waals surface area contributed by atoms with E-state index < -0.39 is 34.1 Å². The van der Waals surface area contributed by atoms with Crippen LogP contribution in [0.4, 0.5) is 0 Å². The Morgan fingerprint density at radius 3 is 2.08 bits per heavy atom. The Bertz CT molecular complexity index is 1170. The van der Waals surface area contributed by atoms with Crippen LogP contribution in [-0.2, 0) is 13.6 Å². The van der Waals surface area contributed by atoms with Crippen molar-refractivity contribution in [2.75, 3.05) is 6.61 Å². The van der Waals surface area contributed by atoms with Crippen molar-refractivity contribution in [1.82, 2.24) is 9.55 Å². The van der Waals surface area contributed by atoms with Crippen molar-refractivity contribution in [1.29, 1.82) is 0 Å². The van der Waals surface area contributed by atoms with E-state index in [9.17, 15) is 9.59 Å². The number of nitrogens with one attached hydrogen (secondary N) is 1. The van der Waals surface area contributed by atoms with E-state index in [1.165, 1.54) is 15.1 Å². The van der Waals surface area contributed by atoms with Crippen LogP contribution in [0.15, 0.2) is 52.2 Å². The maximum absolute atomic E-state index is 12.9. The van der Waals surface area contributed by atoms with Gasteiger partial charge >= 0.3 is 230 Å². The normalized spacial score (nSPS) is 23.4. The molecule has 37 heavy (non-hydrogen) atoms. The minimum absolute atomic E-state index is 0.00897. The van der Waals surface area contributed by atoms with Crippen LogP contribution in [0.25, 0.3) is 0 Å². The third-order valence-corrected chi connectivity index (χ3v) is 19.8. The van der Waals surface area contributed by atoms with Crippen LogP contribution >= 0.6 is 0 Å². The topological polar surface area (TPSA) is 82.5 Å². The minimum atomic E-state index is -2.19. The maximum atomic E-state index is 12.9. The summed E-state index contributed by atoms with van der Waals surface area (Å²) in [7, 11) is -4.24. The second-order valence-electron chi connectivity index (χ2n) is 12.9. The van der Waals surface area contributed by atoms with Gasteiger partial charge in [-0.05, 0) is 0 Å². The zero-order valence-electron chi connectivity index (χ0n) is 24.0. The molecular formula is C27H44N2O5SeSi2. The second-order valence-corrected chi connectivity index (χ2v) is 25.1. The molecule has 206 valence electrons. The van der Waals surface area contributed by atoms with Crippen molar-refractivity contribution < 1.29 is 13.6 Å². The van der Waals surface area contributed by atoms with Crippen LogP contribution in [0.1, 0.15) is 47.8 Å². The monoisotopic (exact) mass is 612 g/mol. The third kappa shape index (κ3) is 7.03. The van der Waals surface area contributed by atoms with Gasteiger partial charge in [0.25, 0.3) is 0 Å². The van der Waals surface area contributed by atoms with Crippen LogP contribution < -0.4 is 15.7 Å². The van der Waals surface area contributed by atoms with Crippen molar-refractivity contribution in [3.8, 4) is 0 Å². The van der Waals surface area contributed by atoms with Crippen molar-refractivity contribution in [2.45, 2.75) is 101 Å². The summed E-state index contributed by atoms with van der Waals surface area (Å²) in [5.74, 6) is 0. The number of rotatable bonds is 8. The number of aromatic amines is 1. The van der Waals surface area contributed by atoms with Crippen LogP contribution in [0, 0.1) is 0 Å². The summed E-state index contributed by atoms with van der Waals surface area (Å²) in [5, 5.41) is 0.0685. The van der Waals surface area contributed by atoms with Gasteiger partial charge in [0.05, 0.1) is 0 Å². The Balaban J connectivity index is 2.07. The fourth-order valence-corrected chi connectivity index (χ4v) is 8.95. The molecule has 7 nitrogen and oxygen atoms in total. The SMILES string of the molecule is CC(C)(C)[Si](C)(C)OC[C@H]1O[C@@H](n2ccc(=O)[nH]c2=O)[C@H]([Se]c2ccccc2)[C@@H]1O[Si](C)(C)C(C)(C)C. The summed E-state index contributed by atoms with van der Waals surface area (Å²) >= 11 is -0.0553. The molecule has 0 spiro atoms.